The van der Waals surface area contributed by atoms with Crippen LogP contribution in [0.4, 0.5) is 5.95 Å². The third-order valence-corrected chi connectivity index (χ3v) is 8.33. The van der Waals surface area contributed by atoms with Gasteiger partial charge in [0, 0.05) is 31.7 Å². The summed E-state index contributed by atoms with van der Waals surface area (Å²) in [7, 11) is 3.38. The van der Waals surface area contributed by atoms with Gasteiger partial charge in [-0.15, -0.1) is 0 Å². The Balaban J connectivity index is 1.49. The number of amides is 1. The zero-order valence-electron chi connectivity index (χ0n) is 17.9. The standard InChI is InChI=1S/C23H29N5O2/c1-12-16-11-24-22(25-17-7-13-4-5-15(17)6-13)26-19(16)28(23-8-14(9-23)10-23)21(30)18(12)20(29)27(2)3/h11,13-15,17H,4-10H2,1-3H3,(H,24,25,26). The lowest BCUT2D eigenvalue weighted by molar-refractivity contribution is -0.0884. The molecule has 3 unspecified atom stereocenters. The van der Waals surface area contributed by atoms with Crippen LogP contribution >= 0.6 is 0 Å². The first kappa shape index (κ1) is 18.3. The Bertz CT molecular complexity index is 1120. The van der Waals surface area contributed by atoms with Crippen molar-refractivity contribution < 1.29 is 4.79 Å². The number of aryl methyl sites for hydroxylation is 1. The zero-order chi connectivity index (χ0) is 20.8. The fourth-order valence-electron chi connectivity index (χ4n) is 6.59. The van der Waals surface area contributed by atoms with E-state index in [9.17, 15) is 9.59 Å². The Morgan fingerprint density at radius 3 is 2.53 bits per heavy atom. The second-order valence-corrected chi connectivity index (χ2v) is 10.4. The summed E-state index contributed by atoms with van der Waals surface area (Å²) >= 11 is 0. The largest absolute Gasteiger partial charge is 0.351 e. The molecular formula is C23H29N5O2. The summed E-state index contributed by atoms with van der Waals surface area (Å²) in [5.41, 5.74) is 1.28. The maximum Gasteiger partial charge on any atom is 0.265 e. The van der Waals surface area contributed by atoms with E-state index < -0.39 is 0 Å². The second kappa shape index (κ2) is 6.05. The first-order valence-corrected chi connectivity index (χ1v) is 11.3. The Morgan fingerprint density at radius 1 is 1.20 bits per heavy atom. The van der Waals surface area contributed by atoms with Crippen molar-refractivity contribution in [2.75, 3.05) is 19.4 Å². The van der Waals surface area contributed by atoms with Crippen molar-refractivity contribution in [1.82, 2.24) is 19.4 Å². The van der Waals surface area contributed by atoms with E-state index in [-0.39, 0.29) is 22.6 Å². The van der Waals surface area contributed by atoms with Gasteiger partial charge < -0.3 is 10.2 Å². The number of nitrogens with one attached hydrogen (secondary N) is 1. The highest BCUT2D eigenvalue weighted by Gasteiger charge is 2.59. The molecule has 0 aromatic carbocycles. The lowest BCUT2D eigenvalue weighted by atomic mass is 9.49. The summed E-state index contributed by atoms with van der Waals surface area (Å²) in [6.07, 6.45) is 10.0. The van der Waals surface area contributed by atoms with Crippen LogP contribution < -0.4 is 10.9 Å². The lowest BCUT2D eigenvalue weighted by Crippen LogP contribution is -2.62. The van der Waals surface area contributed by atoms with Crippen LogP contribution in [0.3, 0.4) is 0 Å². The summed E-state index contributed by atoms with van der Waals surface area (Å²) < 4.78 is 1.85. The molecule has 0 radical (unpaired) electrons. The van der Waals surface area contributed by atoms with E-state index >= 15 is 0 Å². The number of carbonyl (C=O) groups is 1. The predicted octanol–water partition coefficient (Wildman–Crippen LogP) is 2.91. The maximum absolute atomic E-state index is 13.6. The molecule has 5 aliphatic carbocycles. The molecule has 5 fully saturated rings. The van der Waals surface area contributed by atoms with Gasteiger partial charge in [-0.1, -0.05) is 6.42 Å². The molecule has 0 aliphatic heterocycles. The van der Waals surface area contributed by atoms with Crippen LogP contribution in [0.5, 0.6) is 0 Å². The van der Waals surface area contributed by atoms with Gasteiger partial charge in [0.15, 0.2) is 0 Å². The average Bonchev–Trinajstić information content (AvgIpc) is 3.25. The van der Waals surface area contributed by atoms with E-state index in [1.807, 2.05) is 11.5 Å². The summed E-state index contributed by atoms with van der Waals surface area (Å²) in [5, 5.41) is 4.38. The number of carbonyl (C=O) groups excluding carboxylic acids is 1. The van der Waals surface area contributed by atoms with E-state index in [1.165, 1.54) is 30.6 Å². The SMILES string of the molecule is Cc1c(C(=O)N(C)C)c(=O)n(C23CC(C2)C3)c2nc(NC3CC4CCC3C4)ncc12. The van der Waals surface area contributed by atoms with Crippen LogP contribution in [-0.4, -0.2) is 45.5 Å². The highest BCUT2D eigenvalue weighted by Crippen LogP contribution is 2.62. The number of anilines is 1. The van der Waals surface area contributed by atoms with Gasteiger partial charge in [-0.3, -0.25) is 14.2 Å². The molecule has 7 heteroatoms. The minimum atomic E-state index is -0.246. The minimum absolute atomic E-state index is 0.160. The van der Waals surface area contributed by atoms with Crippen molar-refractivity contribution in [2.24, 2.45) is 17.8 Å². The summed E-state index contributed by atoms with van der Waals surface area (Å²) in [4.78, 5) is 37.4. The van der Waals surface area contributed by atoms with Crippen LogP contribution in [0, 0.1) is 24.7 Å². The van der Waals surface area contributed by atoms with Gasteiger partial charge in [-0.05, 0) is 68.8 Å². The number of hydrogen-bond acceptors (Lipinski definition) is 5. The Kier molecular flexibility index (Phi) is 3.70. The average molecular weight is 408 g/mol. The Labute approximate surface area is 175 Å². The van der Waals surface area contributed by atoms with Crippen LogP contribution in [0.15, 0.2) is 11.0 Å². The smallest absolute Gasteiger partial charge is 0.265 e. The van der Waals surface area contributed by atoms with Crippen molar-refractivity contribution in [3.63, 3.8) is 0 Å². The van der Waals surface area contributed by atoms with Gasteiger partial charge in [0.1, 0.15) is 11.2 Å². The van der Waals surface area contributed by atoms with Crippen molar-refractivity contribution in [1.29, 1.82) is 0 Å². The molecule has 158 valence electrons. The van der Waals surface area contributed by atoms with E-state index in [4.69, 9.17) is 4.98 Å². The van der Waals surface area contributed by atoms with E-state index in [1.54, 1.807) is 20.3 Å². The molecule has 7 nitrogen and oxygen atoms in total. The fourth-order valence-corrected chi connectivity index (χ4v) is 6.59. The van der Waals surface area contributed by atoms with E-state index in [0.29, 0.717) is 23.2 Å². The number of rotatable bonds is 4. The molecule has 4 bridgehead atoms. The van der Waals surface area contributed by atoms with E-state index in [2.05, 4.69) is 10.3 Å². The van der Waals surface area contributed by atoms with Gasteiger partial charge in [0.2, 0.25) is 5.95 Å². The third kappa shape index (κ3) is 2.38. The Morgan fingerprint density at radius 2 is 1.97 bits per heavy atom. The molecule has 2 aromatic rings. The zero-order valence-corrected chi connectivity index (χ0v) is 17.9. The summed E-state index contributed by atoms with van der Waals surface area (Å²) in [6.45, 7) is 1.85. The fraction of sp³-hybridized carbons (Fsp3) is 0.652. The first-order valence-electron chi connectivity index (χ1n) is 11.3. The number of nitrogens with zero attached hydrogens (tertiary/aromatic N) is 4. The topological polar surface area (TPSA) is 80.1 Å². The molecular weight excluding hydrogens is 378 g/mol. The summed E-state index contributed by atoms with van der Waals surface area (Å²) in [6, 6.07) is 0.437. The molecule has 2 heterocycles. The van der Waals surface area contributed by atoms with E-state index in [0.717, 1.165) is 42.4 Å². The van der Waals surface area contributed by atoms with Crippen molar-refractivity contribution >= 4 is 22.9 Å². The highest BCUT2D eigenvalue weighted by molar-refractivity contribution is 5.99. The third-order valence-electron chi connectivity index (χ3n) is 8.33. The maximum atomic E-state index is 13.6. The Hall–Kier alpha value is -2.44. The first-order chi connectivity index (χ1) is 14.4. The van der Waals surface area contributed by atoms with Crippen molar-refractivity contribution in [2.45, 2.75) is 63.5 Å². The quantitative estimate of drug-likeness (QED) is 0.843. The molecule has 5 aliphatic rings. The predicted molar refractivity (Wildman–Crippen MR) is 115 cm³/mol. The molecule has 1 amide bonds. The number of hydrogen-bond donors (Lipinski definition) is 1. The molecule has 2 aromatic heterocycles. The number of fused-ring (bicyclic) bond motifs is 3. The van der Waals surface area contributed by atoms with Crippen LogP contribution in [-0.2, 0) is 5.54 Å². The minimum Gasteiger partial charge on any atom is -0.351 e. The molecule has 5 saturated carbocycles. The van der Waals surface area contributed by atoms with Crippen LogP contribution in [0.1, 0.15) is 60.9 Å². The van der Waals surface area contributed by atoms with Crippen LogP contribution in [0.2, 0.25) is 0 Å². The normalized spacial score (nSPS) is 33.3. The van der Waals surface area contributed by atoms with Crippen molar-refractivity contribution in [3.8, 4) is 0 Å². The summed E-state index contributed by atoms with van der Waals surface area (Å²) in [5.74, 6) is 2.65. The number of pyridine rings is 1. The van der Waals surface area contributed by atoms with Gasteiger partial charge in [0.05, 0.1) is 5.54 Å². The van der Waals surface area contributed by atoms with Gasteiger partial charge in [0.25, 0.3) is 11.5 Å². The number of aromatic nitrogens is 3. The molecule has 0 spiro atoms. The van der Waals surface area contributed by atoms with Gasteiger partial charge in [-0.25, -0.2) is 4.98 Å². The molecule has 30 heavy (non-hydrogen) atoms. The van der Waals surface area contributed by atoms with Crippen molar-refractivity contribution in [3.05, 3.63) is 27.7 Å². The van der Waals surface area contributed by atoms with Crippen LogP contribution in [0.25, 0.3) is 11.0 Å². The molecule has 1 N–H and O–H groups in total. The molecule has 0 saturated heterocycles. The van der Waals surface area contributed by atoms with Gasteiger partial charge in [-0.2, -0.15) is 4.98 Å². The second-order valence-electron chi connectivity index (χ2n) is 10.4. The molecule has 7 rings (SSSR count). The monoisotopic (exact) mass is 407 g/mol. The highest BCUT2D eigenvalue weighted by atomic mass is 16.2. The lowest BCUT2D eigenvalue weighted by Gasteiger charge is -2.62. The van der Waals surface area contributed by atoms with Gasteiger partial charge >= 0.3 is 0 Å². The molecule has 3 atom stereocenters.